The van der Waals surface area contributed by atoms with Crippen LogP contribution in [0.1, 0.15) is 45.4 Å². The van der Waals surface area contributed by atoms with Gasteiger partial charge in [0.2, 0.25) is 0 Å². The zero-order valence-electron chi connectivity index (χ0n) is 29.4. The van der Waals surface area contributed by atoms with Crippen molar-refractivity contribution in [3.63, 3.8) is 0 Å². The Bertz CT molecular complexity index is 1050. The second-order valence-electron chi connectivity index (χ2n) is 13.8. The Balaban J connectivity index is 1.26. The van der Waals surface area contributed by atoms with Crippen LogP contribution in [0.5, 0.6) is 0 Å². The Hall–Kier alpha value is -0.840. The Morgan fingerprint density at radius 3 is 1.32 bits per heavy atom. The summed E-state index contributed by atoms with van der Waals surface area (Å²) < 4.78 is 44.0. The number of unbranched alkanes of at least 4 members (excludes halogenated alkanes) is 5. The van der Waals surface area contributed by atoms with Gasteiger partial charge in [0, 0.05) is 6.61 Å². The monoisotopic (exact) mass is 778 g/mol. The fourth-order valence-corrected chi connectivity index (χ4v) is 6.70. The van der Waals surface area contributed by atoms with Crippen LogP contribution >= 0.6 is 0 Å². The van der Waals surface area contributed by atoms with Crippen molar-refractivity contribution >= 4 is 0 Å². The lowest BCUT2D eigenvalue weighted by atomic mass is 10.0. The quantitative estimate of drug-likeness (QED) is 0.0455. The van der Waals surface area contributed by atoms with Gasteiger partial charge >= 0.3 is 0 Å². The van der Waals surface area contributed by atoms with E-state index in [4.69, 9.17) is 43.0 Å². The van der Waals surface area contributed by atoms with Crippen molar-refractivity contribution in [2.24, 2.45) is 0 Å². The normalized spacial score (nSPS) is 42.7. The van der Waals surface area contributed by atoms with E-state index in [1.54, 1.807) is 0 Å². The second kappa shape index (κ2) is 21.1. The van der Waals surface area contributed by atoms with Crippen molar-refractivity contribution in [3.05, 3.63) is 0 Å². The number of ether oxygens (including phenoxy) is 8. The van der Waals surface area contributed by atoms with E-state index in [0.29, 0.717) is 6.42 Å². The molecule has 20 atom stereocenters. The SMILES string of the molecule is CCCCCCCCO[C@@H]1O[C@@H]([C@@H](CO)O[C@@H]2O[C@@H]([C@H](O)CO[C@@H]3O[C@@H]([C@@H](CO)O[C@@H]4O[C@@H]([C@H](O)CO)[C@H](O)[C@H]4O)[C@H](O)[C@H]3O)[C@H](O)[C@H]2O)[C@H](O)[C@H]1O. The molecule has 13 N–H and O–H groups in total. The molecule has 0 saturated carbocycles. The summed E-state index contributed by atoms with van der Waals surface area (Å²) in [6.45, 7) is -0.769. The van der Waals surface area contributed by atoms with Crippen LogP contribution in [0.15, 0.2) is 0 Å². The van der Waals surface area contributed by atoms with Crippen LogP contribution in [0, 0.1) is 0 Å². The minimum Gasteiger partial charge on any atom is -0.394 e. The van der Waals surface area contributed by atoms with Gasteiger partial charge < -0.3 is 104 Å². The van der Waals surface area contributed by atoms with Crippen LogP contribution in [0.4, 0.5) is 0 Å². The molecule has 21 heteroatoms. The third-order valence-corrected chi connectivity index (χ3v) is 9.89. The lowest BCUT2D eigenvalue weighted by molar-refractivity contribution is -0.253. The molecule has 4 aliphatic heterocycles. The van der Waals surface area contributed by atoms with Crippen molar-refractivity contribution in [1.29, 1.82) is 0 Å². The predicted octanol–water partition coefficient (Wildman–Crippen LogP) is -6.36. The van der Waals surface area contributed by atoms with E-state index in [-0.39, 0.29) is 6.61 Å². The number of hydrogen-bond donors (Lipinski definition) is 13. The zero-order valence-corrected chi connectivity index (χ0v) is 29.4. The minimum atomic E-state index is -1.78. The van der Waals surface area contributed by atoms with Crippen molar-refractivity contribution in [2.45, 2.75) is 168 Å². The maximum absolute atomic E-state index is 10.8. The molecule has 0 spiro atoms. The molecule has 0 aromatic heterocycles. The molecule has 4 aliphatic rings. The van der Waals surface area contributed by atoms with Crippen LogP contribution in [0.3, 0.4) is 0 Å². The van der Waals surface area contributed by atoms with E-state index in [9.17, 15) is 61.3 Å². The maximum atomic E-state index is 10.8. The first-order valence-electron chi connectivity index (χ1n) is 18.1. The van der Waals surface area contributed by atoms with Gasteiger partial charge in [-0.1, -0.05) is 39.0 Å². The van der Waals surface area contributed by atoms with Gasteiger partial charge in [-0.3, -0.25) is 0 Å². The number of hydrogen-bond acceptors (Lipinski definition) is 21. The predicted molar refractivity (Wildman–Crippen MR) is 171 cm³/mol. The van der Waals surface area contributed by atoms with Gasteiger partial charge in [-0.05, 0) is 6.42 Å². The van der Waals surface area contributed by atoms with E-state index >= 15 is 0 Å². The summed E-state index contributed by atoms with van der Waals surface area (Å²) in [7, 11) is 0. The summed E-state index contributed by atoms with van der Waals surface area (Å²) in [5.74, 6) is 0. The summed E-state index contributed by atoms with van der Waals surface area (Å²) in [6.07, 6.45) is -25.7. The number of rotatable bonds is 22. The van der Waals surface area contributed by atoms with Gasteiger partial charge in [0.15, 0.2) is 25.2 Å². The molecule has 0 amide bonds. The average molecular weight is 779 g/mol. The highest BCUT2D eigenvalue weighted by Gasteiger charge is 2.54. The molecular weight excluding hydrogens is 720 g/mol. The molecule has 0 aromatic carbocycles. The summed E-state index contributed by atoms with van der Waals surface area (Å²) in [6, 6.07) is 0. The highest BCUT2D eigenvalue weighted by atomic mass is 16.8. The van der Waals surface area contributed by atoms with E-state index in [2.05, 4.69) is 6.92 Å². The fraction of sp³-hybridized carbons (Fsp3) is 1.00. The van der Waals surface area contributed by atoms with Crippen LogP contribution in [0.2, 0.25) is 0 Å². The highest BCUT2D eigenvalue weighted by Crippen LogP contribution is 2.33. The molecule has 312 valence electrons. The molecule has 21 nitrogen and oxygen atoms in total. The van der Waals surface area contributed by atoms with Crippen LogP contribution in [-0.4, -0.2) is 222 Å². The Kier molecular flexibility index (Phi) is 17.8. The first-order chi connectivity index (χ1) is 25.3. The van der Waals surface area contributed by atoms with E-state index in [1.165, 1.54) is 0 Å². The van der Waals surface area contributed by atoms with Crippen molar-refractivity contribution in [2.75, 3.05) is 33.0 Å². The molecule has 4 saturated heterocycles. The molecule has 0 aromatic rings. The summed E-state index contributed by atoms with van der Waals surface area (Å²) >= 11 is 0. The van der Waals surface area contributed by atoms with Gasteiger partial charge in [0.05, 0.1) is 26.4 Å². The third-order valence-electron chi connectivity index (χ3n) is 9.89. The van der Waals surface area contributed by atoms with Gasteiger partial charge in [-0.15, -0.1) is 0 Å². The highest BCUT2D eigenvalue weighted by molar-refractivity contribution is 4.97. The number of aliphatic hydroxyl groups is 13. The van der Waals surface area contributed by atoms with Crippen LogP contribution < -0.4 is 0 Å². The van der Waals surface area contributed by atoms with Crippen molar-refractivity contribution in [1.82, 2.24) is 0 Å². The van der Waals surface area contributed by atoms with Gasteiger partial charge in [-0.25, -0.2) is 0 Å². The number of aliphatic hydroxyl groups excluding tert-OH is 13. The standard InChI is InChI=1S/C32H58O21/c1-2-3-4-5-6-7-8-46-29-21(42)19(40)27(52-29)15(10-34)49-32-24(45)18(39)26(51-32)14(37)12-47-30-22(43)20(41)28(53-30)16(11-35)48-31-23(44)17(38)25(50-31)13(36)9-33/h13-45H,2-12H2,1H3/t13-,14-,15-,16-,17-,18-,19-,20-,21-,22-,23-,24-,25+,26+,27+,28+,29-,30-,31-,32-/m1/s1. The minimum absolute atomic E-state index is 0.261. The van der Waals surface area contributed by atoms with E-state index in [0.717, 1.165) is 32.1 Å². The molecule has 0 radical (unpaired) electrons. The molecule has 53 heavy (non-hydrogen) atoms. The Labute approximate surface area is 305 Å². The first kappa shape index (κ1) is 44.9. The molecule has 0 bridgehead atoms. The smallest absolute Gasteiger partial charge is 0.187 e. The molecule has 0 aliphatic carbocycles. The van der Waals surface area contributed by atoms with E-state index in [1.807, 2.05) is 0 Å². The summed E-state index contributed by atoms with van der Waals surface area (Å²) in [5, 5.41) is 134. The molecule has 4 heterocycles. The molecule has 4 rings (SSSR count). The lowest BCUT2D eigenvalue weighted by Crippen LogP contribution is -2.46. The van der Waals surface area contributed by atoms with Gasteiger partial charge in [0.25, 0.3) is 0 Å². The first-order valence-corrected chi connectivity index (χ1v) is 18.1. The topological polar surface area (TPSA) is 337 Å². The van der Waals surface area contributed by atoms with Crippen molar-refractivity contribution < 1.29 is 104 Å². The van der Waals surface area contributed by atoms with Crippen LogP contribution in [0.25, 0.3) is 0 Å². The zero-order chi connectivity index (χ0) is 39.0. The second-order valence-corrected chi connectivity index (χ2v) is 13.8. The molecule has 0 unspecified atom stereocenters. The Morgan fingerprint density at radius 1 is 0.453 bits per heavy atom. The van der Waals surface area contributed by atoms with E-state index < -0.39 is 149 Å². The van der Waals surface area contributed by atoms with Gasteiger partial charge in [-0.2, -0.15) is 0 Å². The fourth-order valence-electron chi connectivity index (χ4n) is 6.70. The van der Waals surface area contributed by atoms with Crippen LogP contribution in [-0.2, 0) is 37.9 Å². The lowest BCUT2D eigenvalue weighted by Gasteiger charge is -2.28. The summed E-state index contributed by atoms with van der Waals surface area (Å²) in [4.78, 5) is 0. The average Bonchev–Trinajstić information content (AvgIpc) is 3.81. The third kappa shape index (κ3) is 10.8. The molecular formula is C32H58O21. The summed E-state index contributed by atoms with van der Waals surface area (Å²) in [5.41, 5.74) is 0. The van der Waals surface area contributed by atoms with Gasteiger partial charge in [0.1, 0.15) is 97.7 Å². The molecule has 4 fully saturated rings. The largest absolute Gasteiger partial charge is 0.394 e. The van der Waals surface area contributed by atoms with Crippen molar-refractivity contribution in [3.8, 4) is 0 Å². The maximum Gasteiger partial charge on any atom is 0.187 e. The Morgan fingerprint density at radius 2 is 0.849 bits per heavy atom.